The Balaban J connectivity index is 2.11. The number of rotatable bonds is 27. The van der Waals surface area contributed by atoms with Crippen molar-refractivity contribution in [2.24, 2.45) is 11.8 Å². The molecule has 0 aliphatic rings. The van der Waals surface area contributed by atoms with E-state index in [2.05, 4.69) is 33.2 Å². The Hall–Kier alpha value is -4.63. The van der Waals surface area contributed by atoms with Crippen LogP contribution in [0.25, 0.3) is 0 Å². The van der Waals surface area contributed by atoms with Crippen LogP contribution in [0.4, 0.5) is 0 Å². The van der Waals surface area contributed by atoms with Crippen LogP contribution in [-0.2, 0) is 51.4 Å². The van der Waals surface area contributed by atoms with Gasteiger partial charge in [0.1, 0.15) is 24.7 Å². The van der Waals surface area contributed by atoms with E-state index in [9.17, 15) is 29.1 Å². The van der Waals surface area contributed by atoms with E-state index in [4.69, 9.17) is 14.2 Å². The summed E-state index contributed by atoms with van der Waals surface area (Å²) < 4.78 is 17.0. The lowest BCUT2D eigenvalue weighted by Crippen LogP contribution is -2.58. The second kappa shape index (κ2) is 25.4. The Morgan fingerprint density at radius 3 is 1.85 bits per heavy atom. The summed E-state index contributed by atoms with van der Waals surface area (Å²) in [4.78, 5) is 65.4. The van der Waals surface area contributed by atoms with Gasteiger partial charge >= 0.3 is 11.9 Å². The van der Waals surface area contributed by atoms with E-state index in [0.717, 1.165) is 11.1 Å². The molecule has 1 unspecified atom stereocenters. The van der Waals surface area contributed by atoms with Crippen LogP contribution >= 0.6 is 0 Å². The van der Waals surface area contributed by atoms with Crippen LogP contribution in [0, 0.1) is 11.8 Å². The van der Waals surface area contributed by atoms with Crippen LogP contribution < -0.4 is 26.6 Å². The molecule has 14 nitrogen and oxygen atoms in total. The number of esters is 1. The number of carboxylic acid groups (broad SMARTS) is 1. The standard InChI is InChI=1S/C41H61N5O9/c1-8-19-54-41(52)37(30(7)55-25-32-17-13-10-14-18-32)42-23-33(20-27(2)3)44-39(50)35(22-36(47)48)46-40(51)34(21-28(4)5)45-38(49)29(6)43-26-53-24-31-15-11-9-12-16-31/h8-18,27-30,33-35,37,42-43H,1,19-26H2,2-7H3,(H,44,50)(H,45,49)(H,46,51)(H,47,48)/t29-,30?,33-,34-,35-,37-/m1/s1. The van der Waals surface area contributed by atoms with E-state index in [0.29, 0.717) is 13.0 Å². The van der Waals surface area contributed by atoms with Crippen LogP contribution in [0.3, 0.4) is 0 Å². The third-order valence-electron chi connectivity index (χ3n) is 8.46. The molecule has 0 spiro atoms. The first-order chi connectivity index (χ1) is 26.2. The molecule has 0 bridgehead atoms. The fourth-order valence-electron chi connectivity index (χ4n) is 5.58. The first-order valence-electron chi connectivity index (χ1n) is 18.8. The molecule has 0 fully saturated rings. The molecule has 6 atom stereocenters. The molecule has 0 saturated heterocycles. The van der Waals surface area contributed by atoms with Crippen LogP contribution in [0.1, 0.15) is 71.9 Å². The van der Waals surface area contributed by atoms with E-state index < -0.39 is 72.4 Å². The minimum absolute atomic E-state index is 0.00198. The van der Waals surface area contributed by atoms with Crippen molar-refractivity contribution in [2.45, 2.75) is 110 Å². The number of carbonyl (C=O) groups is 5. The second-order valence-electron chi connectivity index (χ2n) is 14.4. The zero-order valence-electron chi connectivity index (χ0n) is 33.0. The van der Waals surface area contributed by atoms with Crippen molar-refractivity contribution in [3.05, 3.63) is 84.4 Å². The summed E-state index contributed by atoms with van der Waals surface area (Å²) in [6, 6.07) is 14.4. The molecular weight excluding hydrogens is 706 g/mol. The average molecular weight is 768 g/mol. The molecule has 2 aromatic carbocycles. The van der Waals surface area contributed by atoms with Gasteiger partial charge in [0.05, 0.1) is 38.5 Å². The van der Waals surface area contributed by atoms with Gasteiger partial charge < -0.3 is 40.6 Å². The summed E-state index contributed by atoms with van der Waals surface area (Å²) in [5.74, 6) is -3.66. The SMILES string of the molecule is C=CCOC(=O)[C@H](NC[C@@H](CC(C)C)NC(=O)[C@@H](CC(=O)O)NC(=O)[C@@H](CC(C)C)NC(=O)[C@@H](C)NCOCc1ccccc1)C(C)OCc1ccccc1. The topological polar surface area (TPSA) is 193 Å². The lowest BCUT2D eigenvalue weighted by molar-refractivity contribution is -0.149. The number of carbonyl (C=O) groups excluding carboxylic acids is 4. The van der Waals surface area contributed by atoms with Gasteiger partial charge in [0, 0.05) is 12.6 Å². The molecule has 55 heavy (non-hydrogen) atoms. The van der Waals surface area contributed by atoms with Gasteiger partial charge in [-0.2, -0.15) is 0 Å². The minimum Gasteiger partial charge on any atom is -0.481 e. The summed E-state index contributed by atoms with van der Waals surface area (Å²) >= 11 is 0. The molecule has 14 heteroatoms. The van der Waals surface area contributed by atoms with Crippen molar-refractivity contribution in [3.63, 3.8) is 0 Å². The second-order valence-corrected chi connectivity index (χ2v) is 14.4. The molecule has 0 aromatic heterocycles. The molecule has 2 rings (SSSR count). The van der Waals surface area contributed by atoms with E-state index in [1.807, 2.05) is 88.4 Å². The van der Waals surface area contributed by atoms with E-state index in [-0.39, 0.29) is 44.7 Å². The summed E-state index contributed by atoms with van der Waals surface area (Å²) in [5.41, 5.74) is 1.91. The van der Waals surface area contributed by atoms with Gasteiger partial charge in [-0.1, -0.05) is 101 Å². The number of ether oxygens (including phenoxy) is 3. The summed E-state index contributed by atoms with van der Waals surface area (Å²) in [6.45, 7) is 15.5. The molecular formula is C41H61N5O9. The number of hydrogen-bond acceptors (Lipinski definition) is 10. The van der Waals surface area contributed by atoms with Gasteiger partial charge in [-0.3, -0.25) is 29.3 Å². The number of amides is 3. The lowest BCUT2D eigenvalue weighted by Gasteiger charge is -2.29. The third kappa shape index (κ3) is 19.0. The quantitative estimate of drug-likeness (QED) is 0.0338. The molecule has 0 saturated carbocycles. The maximum absolute atomic E-state index is 13.7. The van der Waals surface area contributed by atoms with E-state index in [1.54, 1.807) is 13.8 Å². The largest absolute Gasteiger partial charge is 0.481 e. The van der Waals surface area contributed by atoms with E-state index >= 15 is 0 Å². The predicted molar refractivity (Wildman–Crippen MR) is 209 cm³/mol. The molecule has 6 N–H and O–H groups in total. The highest BCUT2D eigenvalue weighted by Gasteiger charge is 2.32. The molecule has 304 valence electrons. The number of carboxylic acids is 1. The third-order valence-corrected chi connectivity index (χ3v) is 8.46. The number of benzene rings is 2. The average Bonchev–Trinajstić information content (AvgIpc) is 3.14. The first-order valence-corrected chi connectivity index (χ1v) is 18.8. The monoisotopic (exact) mass is 767 g/mol. The Labute approximate surface area is 325 Å². The van der Waals surface area contributed by atoms with Crippen molar-refractivity contribution in [1.29, 1.82) is 0 Å². The van der Waals surface area contributed by atoms with E-state index in [1.165, 1.54) is 6.08 Å². The van der Waals surface area contributed by atoms with Crippen LogP contribution in [0.2, 0.25) is 0 Å². The summed E-state index contributed by atoms with van der Waals surface area (Å²) in [7, 11) is 0. The highest BCUT2D eigenvalue weighted by molar-refractivity contribution is 5.94. The predicted octanol–water partition coefficient (Wildman–Crippen LogP) is 3.45. The summed E-state index contributed by atoms with van der Waals surface area (Å²) in [5, 5.41) is 24.0. The lowest BCUT2D eigenvalue weighted by atomic mass is 10.0. The van der Waals surface area contributed by atoms with Crippen molar-refractivity contribution in [1.82, 2.24) is 26.6 Å². The Morgan fingerprint density at radius 1 is 0.727 bits per heavy atom. The number of nitrogens with one attached hydrogen (secondary N) is 5. The van der Waals surface area contributed by atoms with Crippen molar-refractivity contribution >= 4 is 29.7 Å². The van der Waals surface area contributed by atoms with Gasteiger partial charge in [0.15, 0.2) is 0 Å². The minimum atomic E-state index is -1.45. The highest BCUT2D eigenvalue weighted by atomic mass is 16.5. The highest BCUT2D eigenvalue weighted by Crippen LogP contribution is 2.12. The van der Waals surface area contributed by atoms with Crippen LogP contribution in [0.5, 0.6) is 0 Å². The zero-order valence-corrected chi connectivity index (χ0v) is 33.0. The van der Waals surface area contributed by atoms with Crippen LogP contribution in [0.15, 0.2) is 73.3 Å². The fourth-order valence-corrected chi connectivity index (χ4v) is 5.58. The van der Waals surface area contributed by atoms with Gasteiger partial charge in [-0.15, -0.1) is 0 Å². The van der Waals surface area contributed by atoms with Crippen molar-refractivity contribution in [3.8, 4) is 0 Å². The molecule has 0 heterocycles. The molecule has 2 aromatic rings. The zero-order chi connectivity index (χ0) is 40.8. The Morgan fingerprint density at radius 2 is 1.29 bits per heavy atom. The van der Waals surface area contributed by atoms with Crippen LogP contribution in [-0.4, -0.2) is 91.0 Å². The maximum Gasteiger partial charge on any atom is 0.326 e. The first kappa shape index (κ1) is 46.5. The molecule has 0 aliphatic carbocycles. The maximum atomic E-state index is 13.7. The van der Waals surface area contributed by atoms with Crippen molar-refractivity contribution in [2.75, 3.05) is 19.9 Å². The van der Waals surface area contributed by atoms with Crippen molar-refractivity contribution < 1.29 is 43.3 Å². The van der Waals surface area contributed by atoms with Gasteiger partial charge in [0.2, 0.25) is 17.7 Å². The Kier molecular flexibility index (Phi) is 21.5. The number of aliphatic carboxylic acids is 1. The normalized spacial score (nSPS) is 14.5. The fraction of sp³-hybridized carbons (Fsp3) is 0.537. The molecule has 3 amide bonds. The smallest absolute Gasteiger partial charge is 0.326 e. The number of hydrogen-bond donors (Lipinski definition) is 6. The van der Waals surface area contributed by atoms with Gasteiger partial charge in [-0.05, 0) is 49.7 Å². The van der Waals surface area contributed by atoms with Gasteiger partial charge in [0.25, 0.3) is 0 Å². The van der Waals surface area contributed by atoms with Gasteiger partial charge in [-0.25, -0.2) is 0 Å². The Bertz CT molecular complexity index is 1480. The molecule has 0 aliphatic heterocycles. The molecule has 0 radical (unpaired) electrons. The summed E-state index contributed by atoms with van der Waals surface area (Å²) in [6.07, 6.45) is 0.844.